The molecule has 0 radical (unpaired) electrons. The SMILES string of the molecule is Clc1nc2c(s1)COCC2. The number of nitrogens with zero attached hydrogens (tertiary/aromatic N) is 1. The number of hydrogen-bond acceptors (Lipinski definition) is 3. The number of rotatable bonds is 0. The monoisotopic (exact) mass is 175 g/mol. The summed E-state index contributed by atoms with van der Waals surface area (Å²) >= 11 is 7.22. The molecule has 1 aliphatic rings. The molecule has 0 atom stereocenters. The predicted octanol–water partition coefficient (Wildman–Crippen LogP) is 1.87. The first-order chi connectivity index (χ1) is 4.86. The van der Waals surface area contributed by atoms with Crippen molar-refractivity contribution in [1.82, 2.24) is 4.98 Å². The van der Waals surface area contributed by atoms with Gasteiger partial charge in [0.1, 0.15) is 0 Å². The molecule has 0 bridgehead atoms. The minimum absolute atomic E-state index is 0.635. The average molecular weight is 176 g/mol. The summed E-state index contributed by atoms with van der Waals surface area (Å²) in [6, 6.07) is 0. The van der Waals surface area contributed by atoms with Crippen LogP contribution in [-0.4, -0.2) is 11.6 Å². The van der Waals surface area contributed by atoms with Crippen LogP contribution in [0.5, 0.6) is 0 Å². The zero-order chi connectivity index (χ0) is 6.97. The van der Waals surface area contributed by atoms with Crippen molar-refractivity contribution in [3.63, 3.8) is 0 Å². The maximum Gasteiger partial charge on any atom is 0.184 e. The van der Waals surface area contributed by atoms with Gasteiger partial charge < -0.3 is 4.74 Å². The quantitative estimate of drug-likeness (QED) is 0.601. The van der Waals surface area contributed by atoms with Gasteiger partial charge in [-0.25, -0.2) is 4.98 Å². The molecule has 4 heteroatoms. The minimum Gasteiger partial charge on any atom is -0.375 e. The van der Waals surface area contributed by atoms with Crippen molar-refractivity contribution in [2.75, 3.05) is 6.61 Å². The molecule has 0 amide bonds. The van der Waals surface area contributed by atoms with Gasteiger partial charge in [0, 0.05) is 6.42 Å². The van der Waals surface area contributed by atoms with Crippen LogP contribution in [0.15, 0.2) is 0 Å². The van der Waals surface area contributed by atoms with Crippen molar-refractivity contribution in [3.8, 4) is 0 Å². The summed E-state index contributed by atoms with van der Waals surface area (Å²) in [5, 5.41) is 0. The second kappa shape index (κ2) is 2.49. The summed E-state index contributed by atoms with van der Waals surface area (Å²) < 4.78 is 5.86. The van der Waals surface area contributed by atoms with E-state index < -0.39 is 0 Å². The minimum atomic E-state index is 0.635. The fraction of sp³-hybridized carbons (Fsp3) is 0.500. The molecule has 0 fully saturated rings. The summed E-state index contributed by atoms with van der Waals surface area (Å²) in [5.41, 5.74) is 1.13. The third kappa shape index (κ3) is 1.05. The van der Waals surface area contributed by atoms with Crippen LogP contribution in [0.3, 0.4) is 0 Å². The highest BCUT2D eigenvalue weighted by atomic mass is 35.5. The molecule has 2 nitrogen and oxygen atoms in total. The predicted molar refractivity (Wildman–Crippen MR) is 40.5 cm³/mol. The molecule has 0 saturated heterocycles. The van der Waals surface area contributed by atoms with Crippen molar-refractivity contribution < 1.29 is 4.74 Å². The molecular formula is C6H6ClNOS. The molecular weight excluding hydrogens is 170 g/mol. The largest absolute Gasteiger partial charge is 0.375 e. The van der Waals surface area contributed by atoms with E-state index in [2.05, 4.69) is 4.98 Å². The molecule has 0 aliphatic carbocycles. The third-order valence-corrected chi connectivity index (χ3v) is 2.64. The summed E-state index contributed by atoms with van der Waals surface area (Å²) in [5.74, 6) is 0. The molecule has 0 saturated carbocycles. The lowest BCUT2D eigenvalue weighted by Gasteiger charge is -2.08. The Kier molecular flexibility index (Phi) is 1.64. The number of ether oxygens (including phenoxy) is 1. The molecule has 0 aromatic carbocycles. The summed E-state index contributed by atoms with van der Waals surface area (Å²) in [7, 11) is 0. The van der Waals surface area contributed by atoms with E-state index in [1.165, 1.54) is 16.2 Å². The first-order valence-corrected chi connectivity index (χ1v) is 4.27. The number of hydrogen-bond donors (Lipinski definition) is 0. The van der Waals surface area contributed by atoms with Crippen molar-refractivity contribution in [3.05, 3.63) is 15.0 Å². The summed E-state index contributed by atoms with van der Waals surface area (Å²) in [6.07, 6.45) is 0.915. The Morgan fingerprint density at radius 2 is 2.50 bits per heavy atom. The molecule has 10 heavy (non-hydrogen) atoms. The maximum atomic E-state index is 5.70. The van der Waals surface area contributed by atoms with E-state index in [1.807, 2.05) is 0 Å². The Balaban J connectivity index is 2.41. The Hall–Kier alpha value is -0.120. The van der Waals surface area contributed by atoms with Crippen LogP contribution in [0.2, 0.25) is 4.47 Å². The lowest BCUT2D eigenvalue weighted by atomic mass is 10.2. The van der Waals surface area contributed by atoms with E-state index in [9.17, 15) is 0 Å². The molecule has 1 aromatic rings. The van der Waals surface area contributed by atoms with E-state index in [0.29, 0.717) is 11.1 Å². The second-order valence-electron chi connectivity index (χ2n) is 2.14. The van der Waals surface area contributed by atoms with E-state index in [0.717, 1.165) is 18.7 Å². The van der Waals surface area contributed by atoms with Crippen LogP contribution in [0.25, 0.3) is 0 Å². The molecule has 0 unspecified atom stereocenters. The van der Waals surface area contributed by atoms with Crippen LogP contribution in [0.4, 0.5) is 0 Å². The average Bonchev–Trinajstić information content (AvgIpc) is 2.27. The topological polar surface area (TPSA) is 22.1 Å². The van der Waals surface area contributed by atoms with Gasteiger partial charge in [-0.05, 0) is 0 Å². The fourth-order valence-electron chi connectivity index (χ4n) is 0.994. The molecule has 54 valence electrons. The van der Waals surface area contributed by atoms with E-state index in [1.54, 1.807) is 0 Å². The summed E-state index contributed by atoms with van der Waals surface area (Å²) in [6.45, 7) is 1.48. The lowest BCUT2D eigenvalue weighted by Crippen LogP contribution is -2.07. The standard InChI is InChI=1S/C6H6ClNOS/c7-6-8-4-1-2-9-3-5(4)10-6/h1-3H2. The van der Waals surface area contributed by atoms with Gasteiger partial charge in [-0.3, -0.25) is 0 Å². The van der Waals surface area contributed by atoms with E-state index in [-0.39, 0.29) is 0 Å². The molecule has 0 N–H and O–H groups in total. The number of aromatic nitrogens is 1. The van der Waals surface area contributed by atoms with E-state index >= 15 is 0 Å². The van der Waals surface area contributed by atoms with Gasteiger partial charge in [-0.2, -0.15) is 0 Å². The van der Waals surface area contributed by atoms with Gasteiger partial charge in [0.2, 0.25) is 0 Å². The Morgan fingerprint density at radius 3 is 3.30 bits per heavy atom. The first kappa shape index (κ1) is 6.58. The van der Waals surface area contributed by atoms with Crippen molar-refractivity contribution in [1.29, 1.82) is 0 Å². The van der Waals surface area contributed by atoms with Crippen molar-refractivity contribution in [2.24, 2.45) is 0 Å². The van der Waals surface area contributed by atoms with Crippen LogP contribution in [-0.2, 0) is 17.8 Å². The van der Waals surface area contributed by atoms with Gasteiger partial charge in [0.25, 0.3) is 0 Å². The van der Waals surface area contributed by atoms with Gasteiger partial charge in [0.15, 0.2) is 4.47 Å². The summed E-state index contributed by atoms with van der Waals surface area (Å²) in [4.78, 5) is 5.35. The number of fused-ring (bicyclic) bond motifs is 1. The molecule has 1 aromatic heterocycles. The Bertz CT molecular complexity index is 224. The van der Waals surface area contributed by atoms with Crippen molar-refractivity contribution in [2.45, 2.75) is 13.0 Å². The zero-order valence-electron chi connectivity index (χ0n) is 5.26. The Labute approximate surface area is 67.8 Å². The molecule has 2 heterocycles. The first-order valence-electron chi connectivity index (χ1n) is 3.08. The van der Waals surface area contributed by atoms with Gasteiger partial charge >= 0.3 is 0 Å². The number of thiazole rings is 1. The Morgan fingerprint density at radius 1 is 1.60 bits per heavy atom. The highest BCUT2D eigenvalue weighted by molar-refractivity contribution is 7.15. The van der Waals surface area contributed by atoms with E-state index in [4.69, 9.17) is 16.3 Å². The van der Waals surface area contributed by atoms with Gasteiger partial charge in [0.05, 0.1) is 23.8 Å². The van der Waals surface area contributed by atoms with Crippen molar-refractivity contribution >= 4 is 22.9 Å². The van der Waals surface area contributed by atoms with Crippen LogP contribution in [0, 0.1) is 0 Å². The third-order valence-electron chi connectivity index (χ3n) is 1.47. The van der Waals surface area contributed by atoms with Crippen LogP contribution in [0.1, 0.15) is 10.6 Å². The fourth-order valence-corrected chi connectivity index (χ4v) is 2.14. The molecule has 2 rings (SSSR count). The smallest absolute Gasteiger partial charge is 0.184 e. The number of halogens is 1. The highest BCUT2D eigenvalue weighted by Crippen LogP contribution is 2.26. The maximum absolute atomic E-state index is 5.70. The lowest BCUT2D eigenvalue weighted by molar-refractivity contribution is 0.112. The van der Waals surface area contributed by atoms with Crippen LogP contribution < -0.4 is 0 Å². The highest BCUT2D eigenvalue weighted by Gasteiger charge is 2.13. The van der Waals surface area contributed by atoms with Gasteiger partial charge in [-0.1, -0.05) is 11.6 Å². The van der Waals surface area contributed by atoms with Gasteiger partial charge in [-0.15, -0.1) is 11.3 Å². The molecule has 0 spiro atoms. The second-order valence-corrected chi connectivity index (χ2v) is 3.81. The van der Waals surface area contributed by atoms with Crippen LogP contribution >= 0.6 is 22.9 Å². The normalized spacial score (nSPS) is 16.9. The molecule has 1 aliphatic heterocycles. The zero-order valence-corrected chi connectivity index (χ0v) is 6.84.